The van der Waals surface area contributed by atoms with Gasteiger partial charge in [0, 0.05) is 33.4 Å². The Morgan fingerprint density at radius 3 is 1.82 bits per heavy atom. The lowest BCUT2D eigenvalue weighted by molar-refractivity contribution is 0.633. The normalized spacial score (nSPS) is 16.3. The van der Waals surface area contributed by atoms with Crippen LogP contribution in [0.1, 0.15) is 24.0 Å². The Hall–Kier alpha value is -5.61. The molecule has 5 aromatic carbocycles. The number of fused-ring (bicyclic) bond motifs is 3. The van der Waals surface area contributed by atoms with Crippen LogP contribution < -0.4 is 0 Å². The van der Waals surface area contributed by atoms with Crippen molar-refractivity contribution in [3.63, 3.8) is 0 Å². The first-order valence-electron chi connectivity index (χ1n) is 15.0. The van der Waals surface area contributed by atoms with Crippen LogP contribution in [0.4, 0.5) is 0 Å². The lowest BCUT2D eigenvalue weighted by atomic mass is 9.81. The maximum Gasteiger partial charge on any atom is 0.164 e. The molecule has 2 aromatic heterocycles. The molecule has 0 radical (unpaired) electrons. The number of aromatic nitrogens is 3. The Balaban J connectivity index is 1.22. The average molecular weight is 568 g/mol. The number of nitrogens with zero attached hydrogens (tertiary/aromatic N) is 3. The third-order valence-corrected chi connectivity index (χ3v) is 8.45. The monoisotopic (exact) mass is 567 g/mol. The average Bonchev–Trinajstić information content (AvgIpc) is 3.47. The van der Waals surface area contributed by atoms with Gasteiger partial charge in [-0.3, -0.25) is 0 Å². The first kappa shape index (κ1) is 26.1. The predicted octanol–water partition coefficient (Wildman–Crippen LogP) is 10.1. The SMILES string of the molecule is CC1C=C(c2ccccc2)C=CC1c1ccc2c(c1)oc1cccc(-c3nc(-c4ccccc4)nc(-c4ccccc4)n3)c12. The maximum absolute atomic E-state index is 6.49. The standard InChI is InChI=1S/C40H29N3O/c1-26-24-30(27-12-5-2-6-13-27)20-22-32(26)31-21-23-33-36(25-31)44-35-19-11-18-34(37(33)35)40-42-38(28-14-7-3-8-15-28)41-39(43-40)29-16-9-4-10-17-29/h2-26,32H,1H3. The molecule has 2 unspecified atom stereocenters. The summed E-state index contributed by atoms with van der Waals surface area (Å²) in [4.78, 5) is 14.8. The highest BCUT2D eigenvalue weighted by molar-refractivity contribution is 6.12. The molecule has 2 heterocycles. The molecule has 4 nitrogen and oxygen atoms in total. The first-order valence-corrected chi connectivity index (χ1v) is 15.0. The van der Waals surface area contributed by atoms with Crippen LogP contribution >= 0.6 is 0 Å². The number of benzene rings is 5. The van der Waals surface area contributed by atoms with Crippen molar-refractivity contribution < 1.29 is 4.42 Å². The minimum Gasteiger partial charge on any atom is -0.456 e. The maximum atomic E-state index is 6.49. The highest BCUT2D eigenvalue weighted by Crippen LogP contribution is 2.40. The van der Waals surface area contributed by atoms with Crippen LogP contribution in [0.2, 0.25) is 0 Å². The molecule has 0 fully saturated rings. The van der Waals surface area contributed by atoms with E-state index in [4.69, 9.17) is 19.4 Å². The van der Waals surface area contributed by atoms with Crippen LogP contribution in [0.3, 0.4) is 0 Å². The predicted molar refractivity (Wildman–Crippen MR) is 179 cm³/mol. The van der Waals surface area contributed by atoms with Crippen LogP contribution in [-0.2, 0) is 0 Å². The summed E-state index contributed by atoms with van der Waals surface area (Å²) in [6.45, 7) is 2.29. The van der Waals surface area contributed by atoms with E-state index in [1.807, 2.05) is 72.8 Å². The Labute approximate surface area is 256 Å². The Morgan fingerprint density at radius 1 is 0.568 bits per heavy atom. The molecule has 0 spiro atoms. The van der Waals surface area contributed by atoms with Crippen molar-refractivity contribution in [2.24, 2.45) is 5.92 Å². The van der Waals surface area contributed by atoms with Crippen LogP contribution in [0.5, 0.6) is 0 Å². The molecule has 7 aromatic rings. The highest BCUT2D eigenvalue weighted by atomic mass is 16.3. The lowest BCUT2D eigenvalue weighted by Gasteiger charge is -2.23. The van der Waals surface area contributed by atoms with Crippen molar-refractivity contribution >= 4 is 27.5 Å². The summed E-state index contributed by atoms with van der Waals surface area (Å²) in [6, 6.07) is 43.4. The van der Waals surface area contributed by atoms with Crippen LogP contribution in [0.15, 0.2) is 150 Å². The minimum absolute atomic E-state index is 0.268. The quantitative estimate of drug-likeness (QED) is 0.208. The fourth-order valence-electron chi connectivity index (χ4n) is 6.23. The molecular weight excluding hydrogens is 538 g/mol. The van der Waals surface area contributed by atoms with Crippen molar-refractivity contribution in [3.8, 4) is 34.2 Å². The molecule has 4 heteroatoms. The molecule has 0 bridgehead atoms. The number of allylic oxidation sites excluding steroid dienone is 4. The van der Waals surface area contributed by atoms with Gasteiger partial charge in [0.25, 0.3) is 0 Å². The number of furan rings is 1. The zero-order valence-electron chi connectivity index (χ0n) is 24.3. The highest BCUT2D eigenvalue weighted by Gasteiger charge is 2.22. The van der Waals surface area contributed by atoms with Crippen molar-refractivity contribution in [1.82, 2.24) is 15.0 Å². The van der Waals surface area contributed by atoms with Gasteiger partial charge in [-0.25, -0.2) is 15.0 Å². The minimum atomic E-state index is 0.268. The summed E-state index contributed by atoms with van der Waals surface area (Å²) in [5.41, 5.74) is 8.25. The zero-order valence-corrected chi connectivity index (χ0v) is 24.3. The molecule has 210 valence electrons. The second-order valence-electron chi connectivity index (χ2n) is 11.3. The molecular formula is C40H29N3O. The van der Waals surface area contributed by atoms with E-state index in [1.165, 1.54) is 16.7 Å². The zero-order chi connectivity index (χ0) is 29.5. The van der Waals surface area contributed by atoms with E-state index in [0.29, 0.717) is 23.4 Å². The Bertz CT molecular complexity index is 2120. The van der Waals surface area contributed by atoms with Gasteiger partial charge in [0.05, 0.1) is 0 Å². The number of rotatable bonds is 5. The van der Waals surface area contributed by atoms with Gasteiger partial charge in [0.2, 0.25) is 0 Å². The molecule has 1 aliphatic rings. The summed E-state index contributed by atoms with van der Waals surface area (Å²) in [5.74, 6) is 2.53. The second kappa shape index (κ2) is 10.9. The van der Waals surface area contributed by atoms with Crippen LogP contribution in [-0.4, -0.2) is 15.0 Å². The summed E-state index contributed by atoms with van der Waals surface area (Å²) < 4.78 is 6.49. The van der Waals surface area contributed by atoms with E-state index in [-0.39, 0.29) is 5.92 Å². The van der Waals surface area contributed by atoms with Gasteiger partial charge in [0.15, 0.2) is 17.5 Å². The third kappa shape index (κ3) is 4.71. The largest absolute Gasteiger partial charge is 0.456 e. The van der Waals surface area contributed by atoms with Gasteiger partial charge in [-0.2, -0.15) is 0 Å². The van der Waals surface area contributed by atoms with Crippen molar-refractivity contribution in [1.29, 1.82) is 0 Å². The molecule has 0 amide bonds. The molecule has 2 atom stereocenters. The lowest BCUT2D eigenvalue weighted by Crippen LogP contribution is -2.09. The van der Waals surface area contributed by atoms with Crippen LogP contribution in [0, 0.1) is 5.92 Å². The van der Waals surface area contributed by atoms with Gasteiger partial charge >= 0.3 is 0 Å². The molecule has 0 N–H and O–H groups in total. The van der Waals surface area contributed by atoms with E-state index in [1.54, 1.807) is 0 Å². The second-order valence-corrected chi connectivity index (χ2v) is 11.3. The van der Waals surface area contributed by atoms with E-state index in [2.05, 4.69) is 79.7 Å². The Kier molecular flexibility index (Phi) is 6.45. The third-order valence-electron chi connectivity index (χ3n) is 8.45. The molecule has 1 aliphatic carbocycles. The molecule has 8 rings (SSSR count). The van der Waals surface area contributed by atoms with E-state index >= 15 is 0 Å². The molecule has 0 saturated heterocycles. The Morgan fingerprint density at radius 2 is 1.18 bits per heavy atom. The summed E-state index contributed by atoms with van der Waals surface area (Å²) >= 11 is 0. The summed E-state index contributed by atoms with van der Waals surface area (Å²) in [7, 11) is 0. The van der Waals surface area contributed by atoms with E-state index in [0.717, 1.165) is 38.6 Å². The topological polar surface area (TPSA) is 51.8 Å². The fourth-order valence-corrected chi connectivity index (χ4v) is 6.23. The van der Waals surface area contributed by atoms with Gasteiger partial charge in [-0.05, 0) is 34.8 Å². The number of hydrogen-bond donors (Lipinski definition) is 0. The van der Waals surface area contributed by atoms with Gasteiger partial charge in [-0.15, -0.1) is 0 Å². The van der Waals surface area contributed by atoms with Crippen molar-refractivity contribution in [3.05, 3.63) is 157 Å². The summed E-state index contributed by atoms with van der Waals surface area (Å²) in [6.07, 6.45) is 6.94. The molecule has 44 heavy (non-hydrogen) atoms. The van der Waals surface area contributed by atoms with Crippen molar-refractivity contribution in [2.45, 2.75) is 12.8 Å². The smallest absolute Gasteiger partial charge is 0.164 e. The van der Waals surface area contributed by atoms with Gasteiger partial charge in [0.1, 0.15) is 11.2 Å². The van der Waals surface area contributed by atoms with Gasteiger partial charge < -0.3 is 4.42 Å². The first-order chi connectivity index (χ1) is 21.7. The molecule has 0 saturated carbocycles. The molecule has 0 aliphatic heterocycles. The van der Waals surface area contributed by atoms with Crippen molar-refractivity contribution in [2.75, 3.05) is 0 Å². The summed E-state index contributed by atoms with van der Waals surface area (Å²) in [5, 5.41) is 2.06. The van der Waals surface area contributed by atoms with E-state index in [9.17, 15) is 0 Å². The van der Waals surface area contributed by atoms with Crippen LogP contribution in [0.25, 0.3) is 61.7 Å². The fraction of sp³-hybridized carbons (Fsp3) is 0.0750. The van der Waals surface area contributed by atoms with E-state index < -0.39 is 0 Å². The van der Waals surface area contributed by atoms with Gasteiger partial charge in [-0.1, -0.05) is 140 Å². The number of hydrogen-bond acceptors (Lipinski definition) is 4.